The molecule has 1 aromatic carbocycles. The third-order valence-electron chi connectivity index (χ3n) is 3.35. The molecule has 136 valence electrons. The van der Waals surface area contributed by atoms with Gasteiger partial charge in [-0.2, -0.15) is 21.6 Å². The van der Waals surface area contributed by atoms with Crippen LogP contribution in [0.1, 0.15) is 30.9 Å². The summed E-state index contributed by atoms with van der Waals surface area (Å²) < 4.78 is 67.4. The molecular weight excluding hydrogens is 349 g/mol. The van der Waals surface area contributed by atoms with E-state index in [4.69, 9.17) is 0 Å². The highest BCUT2D eigenvalue weighted by atomic mass is 32.2. The number of carbonyl (C=O) groups is 1. The number of ether oxygens (including phenoxy) is 1. The minimum absolute atomic E-state index is 0.211. The van der Waals surface area contributed by atoms with Crippen molar-refractivity contribution in [3.63, 3.8) is 0 Å². The summed E-state index contributed by atoms with van der Waals surface area (Å²) in [4.78, 5) is 11.5. The van der Waals surface area contributed by atoms with E-state index >= 15 is 0 Å². The average molecular weight is 368 g/mol. The second-order valence-electron chi connectivity index (χ2n) is 5.07. The molecule has 24 heavy (non-hydrogen) atoms. The van der Waals surface area contributed by atoms with E-state index < -0.39 is 27.7 Å². The Kier molecular flexibility index (Phi) is 7.22. The van der Waals surface area contributed by atoms with Crippen molar-refractivity contribution in [2.75, 3.05) is 7.11 Å². The number of aryl methyl sites for hydroxylation is 2. The number of carbonyl (C=O) groups excluding carboxylic acids is 1. The molecule has 0 radical (unpaired) electrons. The Morgan fingerprint density at radius 1 is 1.17 bits per heavy atom. The summed E-state index contributed by atoms with van der Waals surface area (Å²) >= 11 is 0. The second-order valence-corrected chi connectivity index (χ2v) is 6.63. The molecule has 0 aromatic heterocycles. The topological polar surface area (TPSA) is 69.7 Å². The Hall–Kier alpha value is -1.61. The van der Waals surface area contributed by atoms with Gasteiger partial charge >= 0.3 is 21.6 Å². The molecule has 0 aliphatic heterocycles. The van der Waals surface area contributed by atoms with Crippen LogP contribution in [-0.2, 0) is 36.7 Å². The van der Waals surface area contributed by atoms with E-state index in [1.807, 2.05) is 31.2 Å². The molecule has 0 bridgehead atoms. The van der Waals surface area contributed by atoms with Crippen molar-refractivity contribution in [3.05, 3.63) is 35.4 Å². The van der Waals surface area contributed by atoms with Crippen LogP contribution in [0.4, 0.5) is 13.2 Å². The van der Waals surface area contributed by atoms with Gasteiger partial charge in [0, 0.05) is 0 Å². The molecule has 0 aliphatic rings. The van der Waals surface area contributed by atoms with Crippen LogP contribution in [-0.4, -0.2) is 33.1 Å². The lowest BCUT2D eigenvalue weighted by atomic mass is 10.0. The zero-order valence-electron chi connectivity index (χ0n) is 13.3. The molecule has 0 heterocycles. The normalized spacial score (nSPS) is 13.5. The Morgan fingerprint density at radius 3 is 2.17 bits per heavy atom. The van der Waals surface area contributed by atoms with Crippen LogP contribution >= 0.6 is 0 Å². The molecule has 1 aromatic rings. The van der Waals surface area contributed by atoms with E-state index in [-0.39, 0.29) is 12.8 Å². The summed E-state index contributed by atoms with van der Waals surface area (Å²) in [6, 6.07) is 7.61. The number of benzene rings is 1. The van der Waals surface area contributed by atoms with Gasteiger partial charge in [-0.3, -0.25) is 0 Å². The Morgan fingerprint density at radius 2 is 1.71 bits per heavy atom. The molecule has 5 nitrogen and oxygen atoms in total. The number of hydrogen-bond acceptors (Lipinski definition) is 5. The third kappa shape index (κ3) is 5.79. The third-order valence-corrected chi connectivity index (χ3v) is 4.41. The Labute approximate surface area is 138 Å². The van der Waals surface area contributed by atoms with Crippen LogP contribution in [0.2, 0.25) is 0 Å². The first-order chi connectivity index (χ1) is 11.1. The van der Waals surface area contributed by atoms with Gasteiger partial charge in [-0.15, -0.1) is 0 Å². The summed E-state index contributed by atoms with van der Waals surface area (Å²) in [7, 11) is -4.91. The summed E-state index contributed by atoms with van der Waals surface area (Å²) in [6.45, 7) is 2.01. The maximum Gasteiger partial charge on any atom is 0.523 e. The fourth-order valence-electron chi connectivity index (χ4n) is 1.98. The maximum absolute atomic E-state index is 12.4. The van der Waals surface area contributed by atoms with Crippen molar-refractivity contribution in [1.82, 2.24) is 0 Å². The number of hydrogen-bond donors (Lipinski definition) is 0. The number of halogens is 3. The van der Waals surface area contributed by atoms with Crippen LogP contribution in [0.25, 0.3) is 0 Å². The zero-order valence-corrected chi connectivity index (χ0v) is 14.1. The summed E-state index contributed by atoms with van der Waals surface area (Å²) in [6.07, 6.45) is -0.423. The Balaban J connectivity index is 2.68. The van der Waals surface area contributed by atoms with Crippen molar-refractivity contribution in [2.24, 2.45) is 0 Å². The van der Waals surface area contributed by atoms with Crippen LogP contribution in [0.15, 0.2) is 24.3 Å². The van der Waals surface area contributed by atoms with E-state index in [0.29, 0.717) is 6.42 Å². The first-order valence-corrected chi connectivity index (χ1v) is 8.66. The Bertz CT molecular complexity index is 638. The van der Waals surface area contributed by atoms with E-state index in [9.17, 15) is 26.4 Å². The second kappa shape index (κ2) is 8.48. The lowest BCUT2D eigenvalue weighted by Gasteiger charge is -2.16. The van der Waals surface area contributed by atoms with Gasteiger partial charge in [0.2, 0.25) is 0 Å². The molecule has 1 atom stereocenters. The highest BCUT2D eigenvalue weighted by Crippen LogP contribution is 2.27. The highest BCUT2D eigenvalue weighted by Gasteiger charge is 2.49. The van der Waals surface area contributed by atoms with Crippen molar-refractivity contribution in [2.45, 2.75) is 44.2 Å². The monoisotopic (exact) mass is 368 g/mol. The van der Waals surface area contributed by atoms with Gasteiger partial charge in [0.25, 0.3) is 0 Å². The van der Waals surface area contributed by atoms with Gasteiger partial charge in [0.15, 0.2) is 6.10 Å². The van der Waals surface area contributed by atoms with E-state index in [2.05, 4.69) is 8.92 Å². The van der Waals surface area contributed by atoms with E-state index in [1.54, 1.807) is 0 Å². The highest BCUT2D eigenvalue weighted by molar-refractivity contribution is 7.87. The lowest BCUT2D eigenvalue weighted by molar-refractivity contribution is -0.149. The number of rotatable bonds is 8. The number of alkyl halides is 3. The molecule has 1 unspecified atom stereocenters. The van der Waals surface area contributed by atoms with Crippen LogP contribution in [0.3, 0.4) is 0 Å². The molecule has 0 fully saturated rings. The van der Waals surface area contributed by atoms with Gasteiger partial charge in [0.1, 0.15) is 0 Å². The molecule has 0 spiro atoms. The number of esters is 1. The van der Waals surface area contributed by atoms with Gasteiger partial charge in [-0.25, -0.2) is 8.98 Å². The van der Waals surface area contributed by atoms with Crippen molar-refractivity contribution >= 4 is 16.1 Å². The lowest BCUT2D eigenvalue weighted by Crippen LogP contribution is -2.34. The zero-order chi connectivity index (χ0) is 18.4. The predicted octanol–water partition coefficient (Wildman–Crippen LogP) is 2.98. The quantitative estimate of drug-likeness (QED) is 0.401. The van der Waals surface area contributed by atoms with Crippen LogP contribution in [0, 0.1) is 0 Å². The summed E-state index contributed by atoms with van der Waals surface area (Å²) in [5.41, 5.74) is -3.52. The van der Waals surface area contributed by atoms with Crippen molar-refractivity contribution in [3.8, 4) is 0 Å². The van der Waals surface area contributed by atoms with E-state index in [0.717, 1.165) is 24.7 Å². The van der Waals surface area contributed by atoms with E-state index in [1.165, 1.54) is 0 Å². The fraction of sp³-hybridized carbons (Fsp3) is 0.533. The predicted molar refractivity (Wildman–Crippen MR) is 80.6 cm³/mol. The van der Waals surface area contributed by atoms with Crippen LogP contribution < -0.4 is 0 Å². The molecule has 0 aliphatic carbocycles. The molecule has 0 saturated carbocycles. The average Bonchev–Trinajstić information content (AvgIpc) is 2.52. The largest absolute Gasteiger partial charge is 0.523 e. The summed E-state index contributed by atoms with van der Waals surface area (Å²) in [5.74, 6) is -1.16. The number of methoxy groups -OCH3 is 1. The van der Waals surface area contributed by atoms with Gasteiger partial charge in [-0.1, -0.05) is 31.2 Å². The van der Waals surface area contributed by atoms with Gasteiger partial charge in [-0.05, 0) is 36.8 Å². The standard InChI is InChI=1S/C15H19F3O5S/c1-3-11-7-9-12(10-8-11)5-4-6-13(14(19)22-2)23-24(20,21)15(16,17)18/h7-10,13H,3-6H2,1-2H3. The molecule has 0 saturated heterocycles. The van der Waals surface area contributed by atoms with Gasteiger partial charge < -0.3 is 4.74 Å². The van der Waals surface area contributed by atoms with Crippen molar-refractivity contribution < 1.29 is 35.3 Å². The maximum atomic E-state index is 12.4. The SMILES string of the molecule is CCc1ccc(CCCC(OS(=O)(=O)C(F)(F)F)C(=O)OC)cc1. The molecule has 0 N–H and O–H groups in total. The minimum atomic E-state index is -5.86. The molecule has 0 amide bonds. The molecule has 9 heteroatoms. The minimum Gasteiger partial charge on any atom is -0.467 e. The molecule has 1 rings (SSSR count). The smallest absolute Gasteiger partial charge is 0.467 e. The van der Waals surface area contributed by atoms with Crippen LogP contribution in [0.5, 0.6) is 0 Å². The first kappa shape index (κ1) is 20.4. The molecular formula is C15H19F3O5S. The van der Waals surface area contributed by atoms with Crippen molar-refractivity contribution in [1.29, 1.82) is 0 Å². The summed E-state index contributed by atoms with van der Waals surface area (Å²) in [5, 5.41) is 0. The first-order valence-electron chi connectivity index (χ1n) is 7.26. The fourth-order valence-corrected chi connectivity index (χ4v) is 2.57. The van der Waals surface area contributed by atoms with Gasteiger partial charge in [0.05, 0.1) is 7.11 Å².